The number of rotatable bonds is 7. The lowest BCUT2D eigenvalue weighted by Crippen LogP contribution is -2.31. The Morgan fingerprint density at radius 1 is 1.12 bits per heavy atom. The topological polar surface area (TPSA) is 63.2 Å². The SMILES string of the molecule is C=C(C(=O)CC)C(NS(=O)(=O)c1ccc(C)cc1)c1ccc(Cl)cc1. The first-order valence-electron chi connectivity index (χ1n) is 7.81. The highest BCUT2D eigenvalue weighted by molar-refractivity contribution is 7.89. The Morgan fingerprint density at radius 3 is 2.20 bits per heavy atom. The quantitative estimate of drug-likeness (QED) is 0.735. The van der Waals surface area contributed by atoms with E-state index in [1.165, 1.54) is 12.1 Å². The van der Waals surface area contributed by atoms with Gasteiger partial charge in [-0.3, -0.25) is 4.79 Å². The summed E-state index contributed by atoms with van der Waals surface area (Å²) in [7, 11) is -3.82. The molecule has 0 spiro atoms. The Kier molecular flexibility index (Phi) is 6.16. The van der Waals surface area contributed by atoms with Gasteiger partial charge in [-0.25, -0.2) is 8.42 Å². The van der Waals surface area contributed by atoms with E-state index in [2.05, 4.69) is 11.3 Å². The maximum atomic E-state index is 12.7. The van der Waals surface area contributed by atoms with Crippen LogP contribution in [0.4, 0.5) is 0 Å². The lowest BCUT2D eigenvalue weighted by atomic mass is 9.97. The van der Waals surface area contributed by atoms with Crippen molar-refractivity contribution in [3.05, 3.63) is 76.8 Å². The maximum absolute atomic E-state index is 12.7. The fraction of sp³-hybridized carbons (Fsp3) is 0.211. The average molecular weight is 378 g/mol. The van der Waals surface area contributed by atoms with E-state index in [1.54, 1.807) is 43.3 Å². The fourth-order valence-electron chi connectivity index (χ4n) is 2.32. The number of benzene rings is 2. The number of nitrogens with one attached hydrogen (secondary N) is 1. The lowest BCUT2D eigenvalue weighted by Gasteiger charge is -2.21. The smallest absolute Gasteiger partial charge is 0.241 e. The normalized spacial score (nSPS) is 12.6. The van der Waals surface area contributed by atoms with Crippen LogP contribution >= 0.6 is 11.6 Å². The zero-order valence-electron chi connectivity index (χ0n) is 14.1. The molecule has 132 valence electrons. The summed E-state index contributed by atoms with van der Waals surface area (Å²) in [5, 5.41) is 0.524. The highest BCUT2D eigenvalue weighted by Gasteiger charge is 2.26. The molecule has 0 saturated carbocycles. The number of carbonyl (C=O) groups is 1. The van der Waals surface area contributed by atoms with Gasteiger partial charge in [0.05, 0.1) is 10.9 Å². The third-order valence-electron chi connectivity index (χ3n) is 3.84. The molecule has 2 rings (SSSR count). The highest BCUT2D eigenvalue weighted by Crippen LogP contribution is 2.26. The van der Waals surface area contributed by atoms with Crippen LogP contribution in [0.25, 0.3) is 0 Å². The summed E-state index contributed by atoms with van der Waals surface area (Å²) in [5.74, 6) is -0.202. The van der Waals surface area contributed by atoms with Gasteiger partial charge in [-0.15, -0.1) is 0 Å². The zero-order chi connectivity index (χ0) is 18.6. The molecule has 0 aliphatic carbocycles. The predicted octanol–water partition coefficient (Wildman–Crippen LogP) is 4.20. The van der Waals surface area contributed by atoms with Crippen molar-refractivity contribution in [2.24, 2.45) is 0 Å². The Hall–Kier alpha value is -1.95. The molecule has 2 aromatic carbocycles. The molecule has 1 N–H and O–H groups in total. The summed E-state index contributed by atoms with van der Waals surface area (Å²) in [6, 6.07) is 12.3. The molecular formula is C19H20ClNO3S. The van der Waals surface area contributed by atoms with Gasteiger partial charge < -0.3 is 0 Å². The first kappa shape index (κ1) is 19.4. The molecule has 0 aliphatic heterocycles. The van der Waals surface area contributed by atoms with E-state index in [9.17, 15) is 13.2 Å². The minimum atomic E-state index is -3.82. The van der Waals surface area contributed by atoms with Crippen molar-refractivity contribution < 1.29 is 13.2 Å². The Balaban J connectivity index is 2.41. The third kappa shape index (κ3) is 4.78. The second-order valence-electron chi connectivity index (χ2n) is 5.72. The van der Waals surface area contributed by atoms with Crippen molar-refractivity contribution in [3.8, 4) is 0 Å². The summed E-state index contributed by atoms with van der Waals surface area (Å²) in [6.45, 7) is 7.39. The van der Waals surface area contributed by atoms with Crippen LogP contribution in [0.3, 0.4) is 0 Å². The van der Waals surface area contributed by atoms with Crippen LogP contribution in [0, 0.1) is 6.92 Å². The highest BCUT2D eigenvalue weighted by atomic mass is 35.5. The molecule has 1 unspecified atom stereocenters. The van der Waals surface area contributed by atoms with Crippen LogP contribution in [-0.2, 0) is 14.8 Å². The van der Waals surface area contributed by atoms with Gasteiger partial charge in [0.1, 0.15) is 0 Å². The largest absolute Gasteiger partial charge is 0.295 e. The molecule has 4 nitrogen and oxygen atoms in total. The molecule has 0 saturated heterocycles. The number of hydrogen-bond acceptors (Lipinski definition) is 3. The first-order valence-corrected chi connectivity index (χ1v) is 9.67. The summed E-state index contributed by atoms with van der Waals surface area (Å²) >= 11 is 5.90. The Bertz CT molecular complexity index is 872. The van der Waals surface area contributed by atoms with Crippen LogP contribution in [0.5, 0.6) is 0 Å². The van der Waals surface area contributed by atoms with Crippen LogP contribution in [0.2, 0.25) is 5.02 Å². The molecule has 1 atom stereocenters. The number of aryl methyl sites for hydroxylation is 1. The maximum Gasteiger partial charge on any atom is 0.241 e. The van der Waals surface area contributed by atoms with Crippen LogP contribution < -0.4 is 4.72 Å². The van der Waals surface area contributed by atoms with Gasteiger partial charge >= 0.3 is 0 Å². The first-order chi connectivity index (χ1) is 11.7. The minimum Gasteiger partial charge on any atom is -0.295 e. The van der Waals surface area contributed by atoms with Gasteiger partial charge in [0.25, 0.3) is 0 Å². The Labute approximate surface area is 153 Å². The van der Waals surface area contributed by atoms with Crippen molar-refractivity contribution in [2.75, 3.05) is 0 Å². The molecule has 6 heteroatoms. The van der Waals surface area contributed by atoms with Gasteiger partial charge in [-0.2, -0.15) is 4.72 Å². The molecule has 25 heavy (non-hydrogen) atoms. The van der Waals surface area contributed by atoms with E-state index >= 15 is 0 Å². The van der Waals surface area contributed by atoms with Crippen LogP contribution in [0.15, 0.2) is 65.6 Å². The van der Waals surface area contributed by atoms with Crippen molar-refractivity contribution in [2.45, 2.75) is 31.2 Å². The van der Waals surface area contributed by atoms with Gasteiger partial charge in [0.15, 0.2) is 5.78 Å². The molecule has 0 aromatic heterocycles. The van der Waals surface area contributed by atoms with E-state index in [-0.39, 0.29) is 22.7 Å². The third-order valence-corrected chi connectivity index (χ3v) is 5.53. The molecule has 2 aromatic rings. The number of ketones is 1. The molecule has 0 amide bonds. The van der Waals surface area contributed by atoms with E-state index in [0.29, 0.717) is 10.6 Å². The minimum absolute atomic E-state index is 0.133. The van der Waals surface area contributed by atoms with E-state index in [0.717, 1.165) is 5.56 Å². The second kappa shape index (κ2) is 7.95. The zero-order valence-corrected chi connectivity index (χ0v) is 15.7. The predicted molar refractivity (Wildman–Crippen MR) is 100 cm³/mol. The summed E-state index contributed by atoms with van der Waals surface area (Å²) in [5.41, 5.74) is 1.76. The van der Waals surface area contributed by atoms with Gasteiger partial charge in [0, 0.05) is 17.0 Å². The number of halogens is 1. The van der Waals surface area contributed by atoms with Crippen molar-refractivity contribution in [1.82, 2.24) is 4.72 Å². The lowest BCUT2D eigenvalue weighted by molar-refractivity contribution is -0.115. The molecule has 0 radical (unpaired) electrons. The molecule has 0 fully saturated rings. The molecular weight excluding hydrogens is 358 g/mol. The summed E-state index contributed by atoms with van der Waals surface area (Å²) < 4.78 is 28.0. The summed E-state index contributed by atoms with van der Waals surface area (Å²) in [6.07, 6.45) is 0.245. The van der Waals surface area contributed by atoms with Crippen LogP contribution in [-0.4, -0.2) is 14.2 Å². The van der Waals surface area contributed by atoms with Crippen LogP contribution in [0.1, 0.15) is 30.5 Å². The van der Waals surface area contributed by atoms with Crippen molar-refractivity contribution >= 4 is 27.4 Å². The Morgan fingerprint density at radius 2 is 1.68 bits per heavy atom. The molecule has 0 bridgehead atoms. The monoisotopic (exact) mass is 377 g/mol. The summed E-state index contributed by atoms with van der Waals surface area (Å²) in [4.78, 5) is 12.2. The van der Waals surface area contributed by atoms with Gasteiger partial charge in [-0.05, 0) is 36.8 Å². The standard InChI is InChI=1S/C19H20ClNO3S/c1-4-18(22)14(3)19(15-7-9-16(20)10-8-15)21-25(23,24)17-11-5-13(2)6-12-17/h5-12,19,21H,3-4H2,1-2H3. The second-order valence-corrected chi connectivity index (χ2v) is 7.87. The van der Waals surface area contributed by atoms with E-state index in [1.807, 2.05) is 6.92 Å². The molecule has 0 aliphatic rings. The van der Waals surface area contributed by atoms with Crippen molar-refractivity contribution in [1.29, 1.82) is 0 Å². The van der Waals surface area contributed by atoms with Gasteiger partial charge in [-0.1, -0.05) is 54.9 Å². The average Bonchev–Trinajstić information content (AvgIpc) is 2.59. The molecule has 0 heterocycles. The van der Waals surface area contributed by atoms with Crippen molar-refractivity contribution in [3.63, 3.8) is 0 Å². The number of hydrogen-bond donors (Lipinski definition) is 1. The van der Waals surface area contributed by atoms with E-state index in [4.69, 9.17) is 11.6 Å². The number of carbonyl (C=O) groups excluding carboxylic acids is 1. The van der Waals surface area contributed by atoms with E-state index < -0.39 is 16.1 Å². The number of sulfonamides is 1. The fourth-order valence-corrected chi connectivity index (χ4v) is 3.67. The number of Topliss-reactive ketones (excluding diaryl/α,β-unsaturated/α-hetero) is 1. The van der Waals surface area contributed by atoms with Gasteiger partial charge in [0.2, 0.25) is 10.0 Å².